The van der Waals surface area contributed by atoms with E-state index in [1.807, 2.05) is 69.2 Å². The van der Waals surface area contributed by atoms with E-state index in [1.165, 1.54) is 7.11 Å². The molecule has 0 unspecified atom stereocenters. The molecule has 0 N–H and O–H groups in total. The highest BCUT2D eigenvalue weighted by Gasteiger charge is 2.28. The van der Waals surface area contributed by atoms with Crippen LogP contribution in [0.4, 0.5) is 0 Å². The van der Waals surface area contributed by atoms with Crippen molar-refractivity contribution < 1.29 is 48.2 Å². The van der Waals surface area contributed by atoms with Crippen molar-refractivity contribution in [2.75, 3.05) is 26.9 Å². The second-order valence-corrected chi connectivity index (χ2v) is 13.1. The lowest BCUT2D eigenvalue weighted by atomic mass is 9.85. The number of carbonyl (C=O) groups excluding carboxylic acids is 4. The van der Waals surface area contributed by atoms with Gasteiger partial charge in [0.1, 0.15) is 0 Å². The van der Waals surface area contributed by atoms with Crippen molar-refractivity contribution in [2.45, 2.75) is 134 Å². The molecule has 0 aromatic carbocycles. The Balaban J connectivity index is -0.000000604. The number of rotatable bonds is 17. The minimum Gasteiger partial charge on any atom is -0.893 e. The van der Waals surface area contributed by atoms with E-state index in [0.29, 0.717) is 38.9 Å². The quantitative estimate of drug-likeness (QED) is 0.0956. The molecule has 0 radical (unpaired) electrons. The SMILES string of the molecule is CCC(C)(C)C(=O)OC.CCC(C)(C)C(=O)OCCCB([O-])[O-].CCC(C)(C)C(=O)OCCCCOC(=O)C(C)(C)CC. The van der Waals surface area contributed by atoms with E-state index < -0.39 is 23.4 Å². The first-order chi connectivity index (χ1) is 19.6. The van der Waals surface area contributed by atoms with E-state index in [2.05, 4.69) is 4.74 Å². The summed E-state index contributed by atoms with van der Waals surface area (Å²) in [6.45, 7) is 23.6. The Labute approximate surface area is 262 Å². The molecule has 0 saturated heterocycles. The first-order valence-corrected chi connectivity index (χ1v) is 15.5. The summed E-state index contributed by atoms with van der Waals surface area (Å²) in [4.78, 5) is 45.6. The van der Waals surface area contributed by atoms with Gasteiger partial charge in [0.15, 0.2) is 0 Å². The molecule has 43 heavy (non-hydrogen) atoms. The molecule has 10 nitrogen and oxygen atoms in total. The van der Waals surface area contributed by atoms with Gasteiger partial charge in [0, 0.05) is 0 Å². The third-order valence-corrected chi connectivity index (χ3v) is 7.75. The highest BCUT2D eigenvalue weighted by Crippen LogP contribution is 2.23. The maximum atomic E-state index is 11.7. The Morgan fingerprint density at radius 1 is 0.512 bits per heavy atom. The number of esters is 4. The van der Waals surface area contributed by atoms with E-state index >= 15 is 0 Å². The number of carbonyl (C=O) groups is 4. The molecule has 0 aromatic rings. The van der Waals surface area contributed by atoms with E-state index in [0.717, 1.165) is 19.3 Å². The van der Waals surface area contributed by atoms with Crippen LogP contribution in [0.15, 0.2) is 0 Å². The summed E-state index contributed by atoms with van der Waals surface area (Å²) < 4.78 is 19.9. The van der Waals surface area contributed by atoms with E-state index in [1.54, 1.807) is 13.8 Å². The Hall–Kier alpha value is -2.14. The van der Waals surface area contributed by atoms with Crippen molar-refractivity contribution in [3.63, 3.8) is 0 Å². The van der Waals surface area contributed by atoms with Crippen molar-refractivity contribution in [1.29, 1.82) is 0 Å². The molecular weight excluding hydrogens is 555 g/mol. The van der Waals surface area contributed by atoms with E-state index in [9.17, 15) is 29.2 Å². The van der Waals surface area contributed by atoms with Crippen LogP contribution in [0.1, 0.15) is 128 Å². The Kier molecular flexibility index (Phi) is 23.6. The van der Waals surface area contributed by atoms with Crippen molar-refractivity contribution in [3.05, 3.63) is 0 Å². The van der Waals surface area contributed by atoms with Gasteiger partial charge in [-0.25, -0.2) is 0 Å². The molecule has 254 valence electrons. The van der Waals surface area contributed by atoms with E-state index in [4.69, 9.17) is 14.2 Å². The molecule has 0 spiro atoms. The van der Waals surface area contributed by atoms with Gasteiger partial charge in [-0.15, -0.1) is 13.4 Å². The third-order valence-electron chi connectivity index (χ3n) is 7.75. The maximum Gasteiger partial charge on any atom is 0.311 e. The molecule has 0 aromatic heterocycles. The highest BCUT2D eigenvalue weighted by atomic mass is 16.5. The van der Waals surface area contributed by atoms with Crippen LogP contribution < -0.4 is 10.0 Å². The molecule has 0 heterocycles. The lowest BCUT2D eigenvalue weighted by Gasteiger charge is -2.26. The van der Waals surface area contributed by atoms with Crippen LogP contribution in [0.5, 0.6) is 0 Å². The summed E-state index contributed by atoms with van der Waals surface area (Å²) >= 11 is 0. The zero-order valence-electron chi connectivity index (χ0n) is 29.4. The smallest absolute Gasteiger partial charge is 0.311 e. The normalized spacial score (nSPS) is 11.6. The van der Waals surface area contributed by atoms with Crippen molar-refractivity contribution in [3.8, 4) is 0 Å². The van der Waals surface area contributed by atoms with Crippen LogP contribution in [0.25, 0.3) is 0 Å². The molecule has 0 aliphatic carbocycles. The van der Waals surface area contributed by atoms with Crippen LogP contribution in [-0.4, -0.2) is 57.9 Å². The van der Waals surface area contributed by atoms with Crippen LogP contribution >= 0.6 is 0 Å². The average Bonchev–Trinajstić information content (AvgIpc) is 2.96. The van der Waals surface area contributed by atoms with Crippen LogP contribution in [0.2, 0.25) is 6.32 Å². The summed E-state index contributed by atoms with van der Waals surface area (Å²) in [5, 5.41) is 20.3. The summed E-state index contributed by atoms with van der Waals surface area (Å²) in [5.74, 6) is -0.730. The number of ether oxygens (including phenoxy) is 4. The fraction of sp³-hybridized carbons (Fsp3) is 0.875. The molecule has 11 heteroatoms. The van der Waals surface area contributed by atoms with Gasteiger partial charge in [-0.2, -0.15) is 0 Å². The number of hydrogen-bond donors (Lipinski definition) is 0. The molecule has 0 fully saturated rings. The zero-order chi connectivity index (χ0) is 34.5. The second kappa shape index (κ2) is 22.4. The molecule has 0 atom stereocenters. The monoisotopic (exact) mass is 616 g/mol. The standard InChI is InChI=1S/C16H30O4.C9H17BO4.C7H14O2/c1-7-15(3,4)13(17)19-11-9-10-12-20-14(18)16(5,6)8-2;1-4-9(2,3)8(11)14-7-5-6-10(12)13;1-5-7(2,3)6(8)9-4/h7-12H2,1-6H3;4-7H2,1-3H3;5H2,1-4H3/q;-2;. The minimum absolute atomic E-state index is 0.0137. The molecular formula is C32H61BO10-2. The van der Waals surface area contributed by atoms with Gasteiger partial charge in [0.25, 0.3) is 0 Å². The topological polar surface area (TPSA) is 151 Å². The fourth-order valence-corrected chi connectivity index (χ4v) is 2.39. The number of unbranched alkanes of at least 4 members (excludes halogenated alkanes) is 1. The Bertz CT molecular complexity index is 772. The molecule has 0 aliphatic heterocycles. The van der Waals surface area contributed by atoms with Crippen molar-refractivity contribution in [2.24, 2.45) is 21.7 Å². The largest absolute Gasteiger partial charge is 0.893 e. The molecule has 0 rings (SSSR count). The highest BCUT2D eigenvalue weighted by molar-refractivity contribution is 6.36. The molecule has 0 saturated carbocycles. The first kappa shape index (κ1) is 45.3. The minimum atomic E-state index is -1.81. The maximum absolute atomic E-state index is 11.7. The summed E-state index contributed by atoms with van der Waals surface area (Å²) in [6, 6.07) is 0. The van der Waals surface area contributed by atoms with Gasteiger partial charge in [-0.3, -0.25) is 19.2 Å². The average molecular weight is 617 g/mol. The van der Waals surface area contributed by atoms with Gasteiger partial charge in [0.05, 0.1) is 48.6 Å². The Morgan fingerprint density at radius 2 is 0.767 bits per heavy atom. The predicted octanol–water partition coefficient (Wildman–Crippen LogP) is 4.89. The van der Waals surface area contributed by atoms with Gasteiger partial charge in [0.2, 0.25) is 0 Å². The number of methoxy groups -OCH3 is 1. The summed E-state index contributed by atoms with van der Waals surface area (Å²) in [7, 11) is -0.396. The number of hydrogen-bond acceptors (Lipinski definition) is 10. The summed E-state index contributed by atoms with van der Waals surface area (Å²) in [6.07, 6.45) is 4.84. The molecule has 0 amide bonds. The summed E-state index contributed by atoms with van der Waals surface area (Å²) in [5.41, 5.74) is -1.63. The predicted molar refractivity (Wildman–Crippen MR) is 166 cm³/mol. The lowest BCUT2D eigenvalue weighted by Crippen LogP contribution is -2.44. The second-order valence-electron chi connectivity index (χ2n) is 13.1. The van der Waals surface area contributed by atoms with Gasteiger partial charge in [-0.05, 0) is 100 Å². The first-order valence-electron chi connectivity index (χ1n) is 15.5. The fourth-order valence-electron chi connectivity index (χ4n) is 2.39. The molecule has 0 bridgehead atoms. The van der Waals surface area contributed by atoms with E-state index in [-0.39, 0.29) is 42.2 Å². The van der Waals surface area contributed by atoms with Crippen LogP contribution in [0, 0.1) is 21.7 Å². The zero-order valence-corrected chi connectivity index (χ0v) is 29.4. The van der Waals surface area contributed by atoms with Crippen LogP contribution in [0.3, 0.4) is 0 Å². The molecule has 0 aliphatic rings. The van der Waals surface area contributed by atoms with Gasteiger partial charge < -0.3 is 29.0 Å². The Morgan fingerprint density at radius 3 is 0.977 bits per heavy atom. The van der Waals surface area contributed by atoms with Crippen molar-refractivity contribution >= 4 is 31.0 Å². The van der Waals surface area contributed by atoms with Gasteiger partial charge >= 0.3 is 23.9 Å². The van der Waals surface area contributed by atoms with Crippen molar-refractivity contribution in [1.82, 2.24) is 0 Å². The lowest BCUT2D eigenvalue weighted by molar-refractivity contribution is -0.348. The van der Waals surface area contributed by atoms with Gasteiger partial charge in [-0.1, -0.05) is 27.7 Å². The third kappa shape index (κ3) is 21.2. The van der Waals surface area contributed by atoms with Crippen LogP contribution in [-0.2, 0) is 38.1 Å².